The van der Waals surface area contributed by atoms with Crippen LogP contribution in [-0.4, -0.2) is 27.4 Å². The molecule has 0 aromatic heterocycles. The Morgan fingerprint density at radius 3 is 2.28 bits per heavy atom. The second-order valence-electron chi connectivity index (χ2n) is 8.54. The van der Waals surface area contributed by atoms with Crippen molar-refractivity contribution >= 4 is 12.1 Å². The molecule has 2 atom stereocenters. The third kappa shape index (κ3) is 2.21. The van der Waals surface area contributed by atoms with Crippen LogP contribution < -0.4 is 0 Å². The number of carbonyl (C=O) groups is 2. The van der Waals surface area contributed by atoms with Crippen molar-refractivity contribution < 1.29 is 24.9 Å². The van der Waals surface area contributed by atoms with Crippen LogP contribution in [-0.2, 0) is 10.2 Å². The van der Waals surface area contributed by atoms with Crippen LogP contribution in [0.2, 0.25) is 0 Å². The van der Waals surface area contributed by atoms with E-state index in [-0.39, 0.29) is 51.9 Å². The molecule has 3 rings (SSSR count). The zero-order chi connectivity index (χ0) is 18.7. The van der Waals surface area contributed by atoms with E-state index in [4.69, 9.17) is 0 Å². The molecule has 0 bridgehead atoms. The number of Topliss-reactive ketones (excluding diaryl/α,β-unsaturated/α-hetero) is 1. The van der Waals surface area contributed by atoms with E-state index in [0.29, 0.717) is 6.42 Å². The maximum Gasteiger partial charge on any atom is 0.167 e. The van der Waals surface area contributed by atoms with Gasteiger partial charge >= 0.3 is 0 Å². The molecule has 0 radical (unpaired) electrons. The third-order valence-electron chi connectivity index (χ3n) is 6.36. The van der Waals surface area contributed by atoms with Gasteiger partial charge in [-0.3, -0.25) is 4.79 Å². The Hall–Kier alpha value is -2.04. The second kappa shape index (κ2) is 5.48. The summed E-state index contributed by atoms with van der Waals surface area (Å²) in [5.41, 5.74) is -1.02. The fourth-order valence-corrected chi connectivity index (χ4v) is 5.13. The number of phenolic OH excluding ortho intramolecular Hbond substituents is 3. The van der Waals surface area contributed by atoms with Crippen LogP contribution in [0, 0.1) is 11.3 Å². The molecule has 0 unspecified atom stereocenters. The Labute approximate surface area is 147 Å². The lowest BCUT2D eigenvalue weighted by Crippen LogP contribution is -2.52. The number of hydrogen-bond acceptors (Lipinski definition) is 5. The van der Waals surface area contributed by atoms with Crippen LogP contribution in [0.25, 0.3) is 0 Å². The largest absolute Gasteiger partial charge is 0.507 e. The Balaban J connectivity index is 2.41. The summed E-state index contributed by atoms with van der Waals surface area (Å²) in [5.74, 6) is -1.98. The fraction of sp³-hybridized carbons (Fsp3) is 0.600. The number of rotatable bonds is 2. The maximum absolute atomic E-state index is 12.9. The molecule has 25 heavy (non-hydrogen) atoms. The molecule has 0 heterocycles. The minimum atomic E-state index is -1.06. The van der Waals surface area contributed by atoms with Crippen LogP contribution in [0.1, 0.15) is 80.8 Å². The van der Waals surface area contributed by atoms with E-state index in [0.717, 1.165) is 19.1 Å². The summed E-state index contributed by atoms with van der Waals surface area (Å²) in [4.78, 5) is 25.2. The van der Waals surface area contributed by atoms with Gasteiger partial charge in [0.15, 0.2) is 17.3 Å². The van der Waals surface area contributed by atoms with E-state index >= 15 is 0 Å². The molecule has 1 fully saturated rings. The highest BCUT2D eigenvalue weighted by molar-refractivity contribution is 6.05. The van der Waals surface area contributed by atoms with Crippen molar-refractivity contribution in [3.8, 4) is 17.2 Å². The number of aromatic hydroxyl groups is 3. The van der Waals surface area contributed by atoms with Crippen molar-refractivity contribution in [2.24, 2.45) is 11.3 Å². The monoisotopic (exact) mass is 346 g/mol. The first-order chi connectivity index (χ1) is 11.6. The Morgan fingerprint density at radius 2 is 1.72 bits per heavy atom. The van der Waals surface area contributed by atoms with Crippen LogP contribution in [0.15, 0.2) is 0 Å². The summed E-state index contributed by atoms with van der Waals surface area (Å²) in [6, 6.07) is 0. The fourth-order valence-electron chi connectivity index (χ4n) is 5.13. The lowest BCUT2D eigenvalue weighted by atomic mass is 9.49. The molecule has 1 aromatic carbocycles. The number of carbonyl (C=O) groups excluding carboxylic acids is 2. The highest BCUT2D eigenvalue weighted by Gasteiger charge is 2.57. The topological polar surface area (TPSA) is 94.8 Å². The van der Waals surface area contributed by atoms with Gasteiger partial charge in [0.25, 0.3) is 0 Å². The molecule has 0 saturated heterocycles. The van der Waals surface area contributed by atoms with E-state index in [1.54, 1.807) is 13.8 Å². The number of phenols is 3. The zero-order valence-electron chi connectivity index (χ0n) is 15.2. The van der Waals surface area contributed by atoms with Gasteiger partial charge in [-0.25, -0.2) is 0 Å². The summed E-state index contributed by atoms with van der Waals surface area (Å²) in [6.45, 7) is 7.59. The normalized spacial score (nSPS) is 27.7. The van der Waals surface area contributed by atoms with Crippen molar-refractivity contribution in [3.05, 3.63) is 16.7 Å². The SMILES string of the molecule is CC(C)c1c(O)c(O)c2c(c1O)C(=O)C[C@H]1C(C)(C)CCC[C@]21C=O. The zero-order valence-corrected chi connectivity index (χ0v) is 15.2. The first-order valence-corrected chi connectivity index (χ1v) is 8.89. The molecular formula is C20H26O5. The molecular weight excluding hydrogens is 320 g/mol. The number of benzene rings is 1. The summed E-state index contributed by atoms with van der Waals surface area (Å²) >= 11 is 0. The highest BCUT2D eigenvalue weighted by atomic mass is 16.3. The molecule has 0 aliphatic heterocycles. The predicted octanol–water partition coefficient (Wildman–Crippen LogP) is 3.78. The molecule has 5 nitrogen and oxygen atoms in total. The van der Waals surface area contributed by atoms with Crippen molar-refractivity contribution in [3.63, 3.8) is 0 Å². The summed E-state index contributed by atoms with van der Waals surface area (Å²) < 4.78 is 0. The Bertz CT molecular complexity index is 762. The molecule has 0 amide bonds. The Morgan fingerprint density at radius 1 is 1.08 bits per heavy atom. The minimum Gasteiger partial charge on any atom is -0.507 e. The molecule has 2 aliphatic carbocycles. The van der Waals surface area contributed by atoms with E-state index in [2.05, 4.69) is 0 Å². The lowest BCUT2D eigenvalue weighted by Gasteiger charge is -2.52. The van der Waals surface area contributed by atoms with Crippen LogP contribution in [0.3, 0.4) is 0 Å². The van der Waals surface area contributed by atoms with E-state index in [9.17, 15) is 24.9 Å². The van der Waals surface area contributed by atoms with Gasteiger partial charge in [-0.05, 0) is 30.1 Å². The van der Waals surface area contributed by atoms with Crippen molar-refractivity contribution in [2.75, 3.05) is 0 Å². The van der Waals surface area contributed by atoms with Gasteiger partial charge in [0.2, 0.25) is 0 Å². The number of ketones is 1. The predicted molar refractivity (Wildman–Crippen MR) is 93.3 cm³/mol. The van der Waals surface area contributed by atoms with E-state index < -0.39 is 16.9 Å². The van der Waals surface area contributed by atoms with Gasteiger partial charge < -0.3 is 20.1 Å². The summed E-state index contributed by atoms with van der Waals surface area (Å²) in [7, 11) is 0. The molecule has 1 aromatic rings. The molecule has 1 saturated carbocycles. The van der Waals surface area contributed by atoms with Gasteiger partial charge in [-0.15, -0.1) is 0 Å². The van der Waals surface area contributed by atoms with E-state index in [1.165, 1.54) is 0 Å². The van der Waals surface area contributed by atoms with E-state index in [1.807, 2.05) is 13.8 Å². The lowest BCUT2D eigenvalue weighted by molar-refractivity contribution is -0.119. The van der Waals surface area contributed by atoms with Crippen LogP contribution >= 0.6 is 0 Å². The summed E-state index contributed by atoms with van der Waals surface area (Å²) in [6.07, 6.45) is 3.14. The third-order valence-corrected chi connectivity index (χ3v) is 6.36. The average molecular weight is 346 g/mol. The Kier molecular flexibility index (Phi) is 3.90. The molecule has 3 N–H and O–H groups in total. The van der Waals surface area contributed by atoms with Crippen molar-refractivity contribution in [2.45, 2.75) is 64.7 Å². The number of hydrogen-bond donors (Lipinski definition) is 3. The van der Waals surface area contributed by atoms with Crippen molar-refractivity contribution in [1.29, 1.82) is 0 Å². The van der Waals surface area contributed by atoms with Crippen molar-refractivity contribution in [1.82, 2.24) is 0 Å². The van der Waals surface area contributed by atoms with Gasteiger partial charge in [0.05, 0.1) is 11.0 Å². The quantitative estimate of drug-likeness (QED) is 0.430. The molecule has 136 valence electrons. The van der Waals surface area contributed by atoms with Gasteiger partial charge in [0, 0.05) is 17.5 Å². The summed E-state index contributed by atoms with van der Waals surface area (Å²) in [5, 5.41) is 31.9. The number of aldehydes is 1. The van der Waals surface area contributed by atoms with Crippen LogP contribution in [0.5, 0.6) is 17.2 Å². The standard InChI is InChI=1S/C20H26O5/c1-10(2)13-16(23)14-11(22)8-12-19(3,4)6-5-7-20(12,9-21)15(14)18(25)17(13)24/h9-10,12,23-25H,5-8H2,1-4H3/t12-,20+/m0/s1. The second-order valence-corrected chi connectivity index (χ2v) is 8.54. The van der Waals surface area contributed by atoms with Crippen LogP contribution in [0.4, 0.5) is 0 Å². The molecule has 0 spiro atoms. The average Bonchev–Trinajstić information content (AvgIpc) is 2.52. The van der Waals surface area contributed by atoms with Gasteiger partial charge in [0.1, 0.15) is 12.0 Å². The van der Waals surface area contributed by atoms with Gasteiger partial charge in [-0.1, -0.05) is 34.1 Å². The smallest absolute Gasteiger partial charge is 0.167 e. The first kappa shape index (κ1) is 17.8. The maximum atomic E-state index is 12.9. The highest BCUT2D eigenvalue weighted by Crippen LogP contribution is 2.61. The first-order valence-electron chi connectivity index (χ1n) is 8.89. The van der Waals surface area contributed by atoms with Gasteiger partial charge in [-0.2, -0.15) is 0 Å². The molecule has 2 aliphatic rings. The minimum absolute atomic E-state index is 0.0139. The number of fused-ring (bicyclic) bond motifs is 3. The molecule has 5 heteroatoms.